The minimum Gasteiger partial charge on any atom is -0.852 e. The Morgan fingerprint density at radius 1 is 1.05 bits per heavy atom. The summed E-state index contributed by atoms with van der Waals surface area (Å²) in [7, 11) is -4.65. The first kappa shape index (κ1) is 33.2. The van der Waals surface area contributed by atoms with Crippen LogP contribution in [0.3, 0.4) is 0 Å². The van der Waals surface area contributed by atoms with E-state index < -0.39 is 53.9 Å². The average Bonchev–Trinajstić information content (AvgIpc) is 3.17. The number of hydrogen-bond acceptors (Lipinski definition) is 8. The molecule has 4 fully saturated rings. The summed E-state index contributed by atoms with van der Waals surface area (Å²) < 4.78 is 34.9. The largest absolute Gasteiger partial charge is 1.00 e. The van der Waals surface area contributed by atoms with Crippen LogP contribution in [0.25, 0.3) is 0 Å². The fourth-order valence-electron chi connectivity index (χ4n) is 9.44. The van der Waals surface area contributed by atoms with E-state index >= 15 is 0 Å². The van der Waals surface area contributed by atoms with Gasteiger partial charge in [-0.15, -0.1) is 6.10 Å². The Labute approximate surface area is 250 Å². The zero-order chi connectivity index (χ0) is 27.3. The minimum atomic E-state index is -4.65. The number of aliphatic hydroxyl groups excluding tert-OH is 4. The molecule has 0 aromatic carbocycles. The molecule has 13 atom stereocenters. The Hall–Kier alpha value is 0.670. The summed E-state index contributed by atoms with van der Waals surface area (Å²) in [5.74, 6) is 0.290. The molecule has 5 N–H and O–H groups in total. The Kier molecular flexibility index (Phi) is 10.9. The van der Waals surface area contributed by atoms with Gasteiger partial charge in [0.15, 0.2) is 0 Å². The van der Waals surface area contributed by atoms with Crippen molar-refractivity contribution in [3.63, 3.8) is 0 Å². The fourth-order valence-corrected chi connectivity index (χ4v) is 9.79. The van der Waals surface area contributed by atoms with Gasteiger partial charge in [-0.25, -0.2) is 4.18 Å². The predicted molar refractivity (Wildman–Crippen MR) is 134 cm³/mol. The summed E-state index contributed by atoms with van der Waals surface area (Å²) in [5.41, 5.74) is -0.361. The molecule has 0 radical (unpaired) electrons. The van der Waals surface area contributed by atoms with Crippen molar-refractivity contribution in [3.8, 4) is 0 Å². The Morgan fingerprint density at radius 3 is 2.37 bits per heavy atom. The standard InChI is InChI=1S/C27H47O9S.Na/c1-15(4-7-22(30)16(13-28)14-36-37(33,34)35)19-5-6-20-25-21(12-24(32)27(19,20)3)26(2)9-8-18(29)10-17(26)11-23(25)31;/h15-25,28,30-32H,4-14H2,1-3H3,(H,33,34,35);/q-1;+1/t15-,16+,17+,18-,19-,20?,21?,22-,23?,24+,25?,26+,27-;/m1./s1. The van der Waals surface area contributed by atoms with Gasteiger partial charge in [-0.1, -0.05) is 33.6 Å². The molecule has 4 aliphatic carbocycles. The monoisotopic (exact) mass is 570 g/mol. The molecule has 38 heavy (non-hydrogen) atoms. The van der Waals surface area contributed by atoms with Crippen LogP contribution in [-0.2, 0) is 14.6 Å². The van der Waals surface area contributed by atoms with Crippen molar-refractivity contribution in [2.45, 2.75) is 103 Å². The van der Waals surface area contributed by atoms with Gasteiger partial charge in [-0.05, 0) is 91.3 Å². The van der Waals surface area contributed by atoms with E-state index in [1.54, 1.807) is 0 Å². The summed E-state index contributed by atoms with van der Waals surface area (Å²) in [4.78, 5) is 0. The van der Waals surface area contributed by atoms with Crippen LogP contribution in [0.2, 0.25) is 0 Å². The molecule has 11 heteroatoms. The zero-order valence-electron chi connectivity index (χ0n) is 23.4. The molecule has 0 aromatic heterocycles. The van der Waals surface area contributed by atoms with Crippen molar-refractivity contribution in [1.82, 2.24) is 0 Å². The first-order valence-electron chi connectivity index (χ1n) is 14.1. The Bertz CT molecular complexity index is 905. The van der Waals surface area contributed by atoms with Crippen molar-refractivity contribution in [2.75, 3.05) is 13.2 Å². The molecule has 216 valence electrons. The maximum absolute atomic E-state index is 12.3. The van der Waals surface area contributed by atoms with Gasteiger partial charge in [-0.2, -0.15) is 8.42 Å². The smallest absolute Gasteiger partial charge is 0.852 e. The van der Waals surface area contributed by atoms with Gasteiger partial charge in [0, 0.05) is 5.92 Å². The average molecular weight is 571 g/mol. The molecule has 0 amide bonds. The molecule has 4 rings (SSSR count). The third kappa shape index (κ3) is 6.21. The molecular weight excluding hydrogens is 523 g/mol. The van der Waals surface area contributed by atoms with Gasteiger partial charge in [0.25, 0.3) is 0 Å². The van der Waals surface area contributed by atoms with E-state index in [0.29, 0.717) is 38.5 Å². The van der Waals surface area contributed by atoms with Crippen LogP contribution in [0.4, 0.5) is 0 Å². The van der Waals surface area contributed by atoms with Gasteiger partial charge in [0.1, 0.15) is 0 Å². The zero-order valence-corrected chi connectivity index (χ0v) is 26.2. The topological polar surface area (TPSA) is 168 Å². The van der Waals surface area contributed by atoms with E-state index in [2.05, 4.69) is 25.0 Å². The normalized spacial score (nSPS) is 45.2. The van der Waals surface area contributed by atoms with Crippen LogP contribution in [0.5, 0.6) is 0 Å². The number of fused-ring (bicyclic) bond motifs is 5. The van der Waals surface area contributed by atoms with Crippen LogP contribution in [0.15, 0.2) is 0 Å². The predicted octanol–water partition coefficient (Wildman–Crippen LogP) is -1.48. The number of rotatable bonds is 9. The van der Waals surface area contributed by atoms with E-state index in [0.717, 1.165) is 19.3 Å². The molecule has 0 saturated heterocycles. The molecule has 4 aliphatic rings. The summed E-state index contributed by atoms with van der Waals surface area (Å²) >= 11 is 0. The van der Waals surface area contributed by atoms with E-state index in [1.165, 1.54) is 0 Å². The fraction of sp³-hybridized carbons (Fsp3) is 1.00. The minimum absolute atomic E-state index is 0. The second kappa shape index (κ2) is 12.5. The van der Waals surface area contributed by atoms with Crippen LogP contribution < -0.4 is 34.7 Å². The summed E-state index contributed by atoms with van der Waals surface area (Å²) in [5, 5.41) is 55.4. The van der Waals surface area contributed by atoms with Crippen LogP contribution in [0, 0.1) is 52.3 Å². The molecule has 0 aliphatic heterocycles. The molecule has 4 saturated carbocycles. The molecule has 0 bridgehead atoms. The third-order valence-corrected chi connectivity index (χ3v) is 12.1. The van der Waals surface area contributed by atoms with Crippen molar-refractivity contribution in [3.05, 3.63) is 0 Å². The summed E-state index contributed by atoms with van der Waals surface area (Å²) in [6, 6.07) is 0. The van der Waals surface area contributed by atoms with Crippen molar-refractivity contribution >= 4 is 10.4 Å². The van der Waals surface area contributed by atoms with Crippen LogP contribution in [0.1, 0.15) is 78.6 Å². The second-order valence-electron chi connectivity index (χ2n) is 13.3. The first-order chi connectivity index (χ1) is 17.2. The first-order valence-corrected chi connectivity index (χ1v) is 15.5. The maximum atomic E-state index is 12.3. The van der Waals surface area contributed by atoms with E-state index in [-0.39, 0.29) is 75.9 Å². The molecule has 0 heterocycles. The Morgan fingerprint density at radius 2 is 1.74 bits per heavy atom. The molecule has 0 spiro atoms. The van der Waals surface area contributed by atoms with Crippen LogP contribution >= 0.6 is 0 Å². The van der Waals surface area contributed by atoms with E-state index in [9.17, 15) is 34.0 Å². The van der Waals surface area contributed by atoms with Gasteiger partial charge < -0.3 is 25.5 Å². The van der Waals surface area contributed by atoms with Gasteiger partial charge in [0.05, 0.1) is 31.5 Å². The van der Waals surface area contributed by atoms with Gasteiger partial charge >= 0.3 is 40.0 Å². The molecule has 4 unspecified atom stereocenters. The molecule has 0 aromatic rings. The van der Waals surface area contributed by atoms with E-state index in [4.69, 9.17) is 4.55 Å². The van der Waals surface area contributed by atoms with Gasteiger partial charge in [-0.3, -0.25) is 4.55 Å². The maximum Gasteiger partial charge on any atom is 1.00 e. The third-order valence-electron chi connectivity index (χ3n) is 11.6. The number of aliphatic hydroxyl groups is 4. The van der Waals surface area contributed by atoms with Crippen LogP contribution in [-0.4, -0.2) is 71.0 Å². The quantitative estimate of drug-likeness (QED) is 0.164. The molecular formula is C27H47NaO9S. The molecule has 9 nitrogen and oxygen atoms in total. The summed E-state index contributed by atoms with van der Waals surface area (Å²) in [6.07, 6.45) is 3.86. The summed E-state index contributed by atoms with van der Waals surface area (Å²) in [6.45, 7) is 5.62. The SMILES string of the molecule is C[C@H](CC[C@@H](O)[C@@H](CO)COS(=O)(=O)O)[C@H]1CCC2C3C(O)C[C@@H]4C[C@H]([O-])CC[C@]4(C)C3C[C@H](O)[C@@]21C.[Na+]. The number of hydrogen-bond donors (Lipinski definition) is 5. The van der Waals surface area contributed by atoms with Gasteiger partial charge in [0.2, 0.25) is 0 Å². The van der Waals surface area contributed by atoms with E-state index in [1.807, 2.05) is 0 Å². The Balaban J connectivity index is 0.00000400. The van der Waals surface area contributed by atoms with Crippen molar-refractivity contribution in [1.29, 1.82) is 0 Å². The van der Waals surface area contributed by atoms with Crippen molar-refractivity contribution < 1.29 is 72.2 Å². The second-order valence-corrected chi connectivity index (χ2v) is 14.4. The van der Waals surface area contributed by atoms with Crippen molar-refractivity contribution in [2.24, 2.45) is 52.3 Å².